The number of fused-ring (bicyclic) bond motifs is 2. The number of anilines is 1. The number of imidazole rings is 1. The van der Waals surface area contributed by atoms with Crippen LogP contribution in [0.3, 0.4) is 0 Å². The van der Waals surface area contributed by atoms with Crippen molar-refractivity contribution in [1.29, 1.82) is 0 Å². The maximum Gasteiger partial charge on any atom is 0.247 e. The van der Waals surface area contributed by atoms with E-state index in [0.717, 1.165) is 28.3 Å². The van der Waals surface area contributed by atoms with Gasteiger partial charge in [0.1, 0.15) is 6.54 Å². The molecule has 26 heavy (non-hydrogen) atoms. The summed E-state index contributed by atoms with van der Waals surface area (Å²) in [6.07, 6.45) is 0.917. The molecule has 0 fully saturated rings. The molecule has 1 atom stereocenters. The minimum Gasteiger partial charge on any atom is -0.309 e. The molecular weight excluding hydrogens is 342 g/mol. The third-order valence-electron chi connectivity index (χ3n) is 4.73. The molecule has 0 bridgehead atoms. The monoisotopic (exact) mass is 365 g/mol. The number of aromatic nitrogens is 2. The van der Waals surface area contributed by atoms with Crippen LogP contribution < -0.4 is 4.90 Å². The number of para-hydroxylation sites is 3. The maximum atomic E-state index is 13.2. The summed E-state index contributed by atoms with van der Waals surface area (Å²) in [4.78, 5) is 19.9. The quantitative estimate of drug-likeness (QED) is 0.638. The third kappa shape index (κ3) is 3.01. The number of hydrogen-bond donors (Lipinski definition) is 0. The predicted molar refractivity (Wildman–Crippen MR) is 108 cm³/mol. The molecule has 4 nitrogen and oxygen atoms in total. The SMILES string of the molecule is CC(C)Sc1nc2ccccc2n1CC(=O)N1c2ccccc2CC1C. The highest BCUT2D eigenvalue weighted by molar-refractivity contribution is 7.99. The Labute approximate surface area is 158 Å². The van der Waals surface area contributed by atoms with Crippen molar-refractivity contribution in [3.63, 3.8) is 0 Å². The van der Waals surface area contributed by atoms with Crippen molar-refractivity contribution in [2.24, 2.45) is 0 Å². The molecule has 1 aliphatic heterocycles. The van der Waals surface area contributed by atoms with E-state index in [1.165, 1.54) is 5.56 Å². The van der Waals surface area contributed by atoms with Crippen molar-refractivity contribution in [3.05, 3.63) is 54.1 Å². The molecule has 0 N–H and O–H groups in total. The molecule has 4 rings (SSSR count). The molecule has 5 heteroatoms. The average molecular weight is 366 g/mol. The fourth-order valence-electron chi connectivity index (χ4n) is 3.66. The highest BCUT2D eigenvalue weighted by atomic mass is 32.2. The summed E-state index contributed by atoms with van der Waals surface area (Å²) in [5, 5.41) is 1.32. The van der Waals surface area contributed by atoms with Gasteiger partial charge in [-0.3, -0.25) is 4.79 Å². The van der Waals surface area contributed by atoms with Gasteiger partial charge < -0.3 is 9.47 Å². The second-order valence-corrected chi connectivity index (χ2v) is 8.63. The molecule has 134 valence electrons. The van der Waals surface area contributed by atoms with Crippen LogP contribution in [0.1, 0.15) is 26.3 Å². The number of nitrogens with zero attached hydrogens (tertiary/aromatic N) is 3. The van der Waals surface area contributed by atoms with Gasteiger partial charge in [0.25, 0.3) is 0 Å². The van der Waals surface area contributed by atoms with E-state index in [1.54, 1.807) is 11.8 Å². The summed E-state index contributed by atoms with van der Waals surface area (Å²) in [5.41, 5.74) is 4.26. The largest absolute Gasteiger partial charge is 0.309 e. The van der Waals surface area contributed by atoms with Crippen LogP contribution in [-0.4, -0.2) is 26.8 Å². The smallest absolute Gasteiger partial charge is 0.247 e. The molecule has 0 saturated heterocycles. The minimum atomic E-state index is 0.121. The van der Waals surface area contributed by atoms with E-state index in [0.29, 0.717) is 11.8 Å². The van der Waals surface area contributed by atoms with Crippen molar-refractivity contribution in [3.8, 4) is 0 Å². The van der Waals surface area contributed by atoms with Gasteiger partial charge in [-0.25, -0.2) is 4.98 Å². The lowest BCUT2D eigenvalue weighted by atomic mass is 10.1. The zero-order valence-electron chi connectivity index (χ0n) is 15.3. The Morgan fingerprint density at radius 3 is 2.73 bits per heavy atom. The summed E-state index contributed by atoms with van der Waals surface area (Å²) in [6, 6.07) is 16.4. The number of benzene rings is 2. The first kappa shape index (κ1) is 17.2. The van der Waals surface area contributed by atoms with Crippen molar-refractivity contribution in [2.75, 3.05) is 4.90 Å². The van der Waals surface area contributed by atoms with Crippen molar-refractivity contribution < 1.29 is 4.79 Å². The molecule has 0 saturated carbocycles. The number of carbonyl (C=O) groups excluding carboxylic acids is 1. The van der Waals surface area contributed by atoms with Gasteiger partial charge in [-0.15, -0.1) is 0 Å². The number of carbonyl (C=O) groups is 1. The Morgan fingerprint density at radius 1 is 1.19 bits per heavy atom. The molecule has 0 spiro atoms. The van der Waals surface area contributed by atoms with Crippen LogP contribution in [0, 0.1) is 0 Å². The lowest BCUT2D eigenvalue weighted by Crippen LogP contribution is -2.38. The molecule has 2 aromatic carbocycles. The second kappa shape index (κ2) is 6.80. The first-order valence-electron chi connectivity index (χ1n) is 9.06. The van der Waals surface area contributed by atoms with Gasteiger partial charge in [0.15, 0.2) is 5.16 Å². The Bertz CT molecular complexity index is 963. The molecule has 2 heterocycles. The topological polar surface area (TPSA) is 38.1 Å². The Hall–Kier alpha value is -2.27. The van der Waals surface area contributed by atoms with Crippen molar-refractivity contribution in [1.82, 2.24) is 9.55 Å². The van der Waals surface area contributed by atoms with E-state index in [1.807, 2.05) is 47.4 Å². The normalized spacial score (nSPS) is 16.5. The number of amides is 1. The van der Waals surface area contributed by atoms with Crippen LogP contribution in [0.5, 0.6) is 0 Å². The molecular formula is C21H23N3OS. The van der Waals surface area contributed by atoms with Crippen molar-refractivity contribution in [2.45, 2.75) is 50.2 Å². The van der Waals surface area contributed by atoms with Gasteiger partial charge in [0.05, 0.1) is 11.0 Å². The van der Waals surface area contributed by atoms with Crippen molar-refractivity contribution >= 4 is 34.4 Å². The maximum absolute atomic E-state index is 13.2. The lowest BCUT2D eigenvalue weighted by Gasteiger charge is -2.23. The van der Waals surface area contributed by atoms with E-state index in [-0.39, 0.29) is 11.9 Å². The van der Waals surface area contributed by atoms with Gasteiger partial charge >= 0.3 is 0 Å². The van der Waals surface area contributed by atoms with Gasteiger partial charge in [0.2, 0.25) is 5.91 Å². The number of hydrogen-bond acceptors (Lipinski definition) is 3. The molecule has 1 aromatic heterocycles. The summed E-state index contributed by atoms with van der Waals surface area (Å²) in [5.74, 6) is 0.121. The van der Waals surface area contributed by atoms with Gasteiger partial charge in [-0.1, -0.05) is 55.9 Å². The molecule has 1 unspecified atom stereocenters. The summed E-state index contributed by atoms with van der Waals surface area (Å²) >= 11 is 1.70. The molecule has 3 aromatic rings. The van der Waals surface area contributed by atoms with Crippen LogP contribution >= 0.6 is 11.8 Å². The van der Waals surface area contributed by atoms with Crippen LogP contribution in [-0.2, 0) is 17.8 Å². The highest BCUT2D eigenvalue weighted by Gasteiger charge is 2.31. The summed E-state index contributed by atoms with van der Waals surface area (Å²) in [7, 11) is 0. The predicted octanol–water partition coefficient (Wildman–Crippen LogP) is 4.51. The highest BCUT2D eigenvalue weighted by Crippen LogP contribution is 2.33. The van der Waals surface area contributed by atoms with Gasteiger partial charge in [0, 0.05) is 17.0 Å². The van der Waals surface area contributed by atoms with Gasteiger partial charge in [-0.05, 0) is 37.1 Å². The first-order valence-corrected chi connectivity index (χ1v) is 9.94. The van der Waals surface area contributed by atoms with Crippen LogP contribution in [0.15, 0.2) is 53.7 Å². The first-order chi connectivity index (χ1) is 12.5. The molecule has 0 aliphatic carbocycles. The third-order valence-corrected chi connectivity index (χ3v) is 5.72. The summed E-state index contributed by atoms with van der Waals surface area (Å²) < 4.78 is 2.07. The lowest BCUT2D eigenvalue weighted by molar-refractivity contribution is -0.119. The van der Waals surface area contributed by atoms with E-state index >= 15 is 0 Å². The van der Waals surface area contributed by atoms with Crippen LogP contribution in [0.2, 0.25) is 0 Å². The van der Waals surface area contributed by atoms with E-state index in [2.05, 4.69) is 31.4 Å². The van der Waals surface area contributed by atoms with E-state index < -0.39 is 0 Å². The standard InChI is InChI=1S/C21H23N3OS/c1-14(2)26-21-22-17-9-5-7-11-19(17)23(21)13-20(25)24-15(3)12-16-8-4-6-10-18(16)24/h4-11,14-15H,12-13H2,1-3H3. The molecule has 1 aliphatic rings. The fraction of sp³-hybridized carbons (Fsp3) is 0.333. The number of rotatable bonds is 4. The average Bonchev–Trinajstić information content (AvgIpc) is 3.11. The fourth-order valence-corrected chi connectivity index (χ4v) is 4.53. The Kier molecular flexibility index (Phi) is 4.49. The Balaban J connectivity index is 1.70. The molecule has 1 amide bonds. The zero-order chi connectivity index (χ0) is 18.3. The summed E-state index contributed by atoms with van der Waals surface area (Å²) in [6.45, 7) is 6.73. The van der Waals surface area contributed by atoms with Gasteiger partial charge in [-0.2, -0.15) is 0 Å². The van der Waals surface area contributed by atoms with Crippen LogP contribution in [0.25, 0.3) is 11.0 Å². The molecule has 0 radical (unpaired) electrons. The number of thioether (sulfide) groups is 1. The van der Waals surface area contributed by atoms with Crippen LogP contribution in [0.4, 0.5) is 5.69 Å². The zero-order valence-corrected chi connectivity index (χ0v) is 16.2. The van der Waals surface area contributed by atoms with E-state index in [4.69, 9.17) is 4.98 Å². The minimum absolute atomic E-state index is 0.121. The van der Waals surface area contributed by atoms with E-state index in [9.17, 15) is 4.79 Å². The Morgan fingerprint density at radius 2 is 1.92 bits per heavy atom. The second-order valence-electron chi connectivity index (χ2n) is 7.08.